The van der Waals surface area contributed by atoms with Crippen LogP contribution in [0.4, 0.5) is 8.78 Å². The molecule has 3 nitrogen and oxygen atoms in total. The molecule has 0 unspecified atom stereocenters. The number of rotatable bonds is 6. The summed E-state index contributed by atoms with van der Waals surface area (Å²) in [7, 11) is 0. The van der Waals surface area contributed by atoms with Crippen molar-refractivity contribution >= 4 is 56.2 Å². The summed E-state index contributed by atoms with van der Waals surface area (Å²) in [6.45, 7) is 0.524. The van der Waals surface area contributed by atoms with Gasteiger partial charge in [-0.05, 0) is 75.1 Å². The molecule has 1 saturated heterocycles. The number of hydrogen-bond acceptors (Lipinski definition) is 4. The molecule has 4 rings (SSSR count). The fraction of sp³-hybridized carbons (Fsp3) is 0.0833. The standard InChI is InChI=1S/C24H16BrF2NO2S2/c25-20-11-16(6-9-21(20)30-14-17-2-1-3-19(27)10-17)12-22-23(29)28(24(31)32-22)13-15-4-7-18(26)8-5-15/h1-12H,13-14H2. The van der Waals surface area contributed by atoms with E-state index in [0.29, 0.717) is 26.0 Å². The summed E-state index contributed by atoms with van der Waals surface area (Å²) in [5.74, 6) is -0.215. The van der Waals surface area contributed by atoms with Crippen LogP contribution in [0.15, 0.2) is 76.1 Å². The second kappa shape index (κ2) is 9.94. The second-order valence-corrected chi connectivity index (χ2v) is 9.53. The summed E-state index contributed by atoms with van der Waals surface area (Å²) < 4.78 is 33.4. The molecule has 1 fully saturated rings. The summed E-state index contributed by atoms with van der Waals surface area (Å²) >= 11 is 10.1. The van der Waals surface area contributed by atoms with Crippen LogP contribution < -0.4 is 4.74 Å². The van der Waals surface area contributed by atoms with Gasteiger partial charge in [0.15, 0.2) is 0 Å². The van der Waals surface area contributed by atoms with Crippen molar-refractivity contribution < 1.29 is 18.3 Å². The molecule has 8 heteroatoms. The lowest BCUT2D eigenvalue weighted by Crippen LogP contribution is -2.27. The summed E-state index contributed by atoms with van der Waals surface area (Å²) in [5.41, 5.74) is 2.33. The van der Waals surface area contributed by atoms with E-state index in [0.717, 1.165) is 16.7 Å². The van der Waals surface area contributed by atoms with E-state index in [1.165, 1.54) is 40.9 Å². The first-order valence-electron chi connectivity index (χ1n) is 9.55. The highest BCUT2D eigenvalue weighted by atomic mass is 79.9. The van der Waals surface area contributed by atoms with Gasteiger partial charge in [-0.15, -0.1) is 0 Å². The van der Waals surface area contributed by atoms with Gasteiger partial charge in [0.2, 0.25) is 0 Å². The van der Waals surface area contributed by atoms with Crippen LogP contribution in [0, 0.1) is 11.6 Å². The molecule has 162 valence electrons. The minimum Gasteiger partial charge on any atom is -0.488 e. The summed E-state index contributed by atoms with van der Waals surface area (Å²) in [4.78, 5) is 14.9. The maximum Gasteiger partial charge on any atom is 0.266 e. The van der Waals surface area contributed by atoms with Crippen molar-refractivity contribution in [2.45, 2.75) is 13.2 Å². The molecule has 0 saturated carbocycles. The van der Waals surface area contributed by atoms with Gasteiger partial charge in [0.25, 0.3) is 5.91 Å². The summed E-state index contributed by atoms with van der Waals surface area (Å²) in [6, 6.07) is 17.7. The molecule has 1 aliphatic rings. The number of thioether (sulfide) groups is 1. The highest BCUT2D eigenvalue weighted by Crippen LogP contribution is 2.35. The SMILES string of the molecule is O=C1C(=Cc2ccc(OCc3cccc(F)c3)c(Br)c2)SC(=S)N1Cc1ccc(F)cc1. The molecular weight excluding hydrogens is 516 g/mol. The van der Waals surface area contributed by atoms with Crippen molar-refractivity contribution in [2.24, 2.45) is 0 Å². The van der Waals surface area contributed by atoms with Crippen molar-refractivity contribution in [1.29, 1.82) is 0 Å². The third-order valence-corrected chi connectivity index (χ3v) is 6.66. The average molecular weight is 532 g/mol. The Labute approximate surface area is 202 Å². The number of hydrogen-bond donors (Lipinski definition) is 0. The molecule has 0 bridgehead atoms. The van der Waals surface area contributed by atoms with E-state index in [1.54, 1.807) is 36.4 Å². The summed E-state index contributed by atoms with van der Waals surface area (Å²) in [5, 5.41) is 0. The number of ether oxygens (including phenoxy) is 1. The van der Waals surface area contributed by atoms with E-state index >= 15 is 0 Å². The van der Waals surface area contributed by atoms with E-state index in [4.69, 9.17) is 17.0 Å². The van der Waals surface area contributed by atoms with Crippen LogP contribution >= 0.6 is 39.9 Å². The molecule has 0 atom stereocenters. The molecule has 1 amide bonds. The van der Waals surface area contributed by atoms with E-state index in [1.807, 2.05) is 12.1 Å². The first-order chi connectivity index (χ1) is 15.4. The highest BCUT2D eigenvalue weighted by Gasteiger charge is 2.32. The number of thiocarbonyl (C=S) groups is 1. The molecule has 0 radical (unpaired) electrons. The maximum atomic E-state index is 13.3. The normalized spacial score (nSPS) is 15.0. The fourth-order valence-corrected chi connectivity index (χ4v) is 4.84. The quantitative estimate of drug-likeness (QED) is 0.261. The minimum atomic E-state index is -0.326. The molecular formula is C24H16BrF2NO2S2. The fourth-order valence-electron chi connectivity index (χ4n) is 3.07. The molecule has 32 heavy (non-hydrogen) atoms. The maximum absolute atomic E-state index is 13.3. The van der Waals surface area contributed by atoms with Gasteiger partial charge >= 0.3 is 0 Å². The molecule has 1 heterocycles. The first-order valence-corrected chi connectivity index (χ1v) is 11.6. The van der Waals surface area contributed by atoms with E-state index in [-0.39, 0.29) is 24.1 Å². The molecule has 0 spiro atoms. The number of nitrogens with zero attached hydrogens (tertiary/aromatic N) is 1. The molecule has 0 aromatic heterocycles. The smallest absolute Gasteiger partial charge is 0.266 e. The molecule has 0 aliphatic carbocycles. The molecule has 3 aromatic rings. The van der Waals surface area contributed by atoms with Gasteiger partial charge in [-0.2, -0.15) is 0 Å². The van der Waals surface area contributed by atoms with Crippen LogP contribution in [-0.4, -0.2) is 15.1 Å². The molecule has 1 aliphatic heterocycles. The zero-order chi connectivity index (χ0) is 22.7. The van der Waals surface area contributed by atoms with E-state index in [2.05, 4.69) is 15.9 Å². The van der Waals surface area contributed by atoms with Crippen LogP contribution in [-0.2, 0) is 17.9 Å². The van der Waals surface area contributed by atoms with Gasteiger partial charge in [-0.25, -0.2) is 8.78 Å². The van der Waals surface area contributed by atoms with Gasteiger partial charge in [-0.1, -0.05) is 54.3 Å². The largest absolute Gasteiger partial charge is 0.488 e. The number of amides is 1. The van der Waals surface area contributed by atoms with Gasteiger partial charge in [0, 0.05) is 0 Å². The third-order valence-electron chi connectivity index (χ3n) is 4.66. The van der Waals surface area contributed by atoms with Crippen molar-refractivity contribution in [1.82, 2.24) is 4.90 Å². The van der Waals surface area contributed by atoms with Gasteiger partial charge < -0.3 is 4.74 Å². The average Bonchev–Trinajstić information content (AvgIpc) is 3.02. The highest BCUT2D eigenvalue weighted by molar-refractivity contribution is 9.10. The van der Waals surface area contributed by atoms with Crippen molar-refractivity contribution in [3.63, 3.8) is 0 Å². The predicted octanol–water partition coefficient (Wildman–Crippen LogP) is 6.71. The minimum absolute atomic E-state index is 0.188. The van der Waals surface area contributed by atoms with Crippen molar-refractivity contribution in [3.8, 4) is 5.75 Å². The van der Waals surface area contributed by atoms with Crippen LogP contribution in [0.25, 0.3) is 6.08 Å². The second-order valence-electron chi connectivity index (χ2n) is 7.00. The first kappa shape index (κ1) is 22.6. The van der Waals surface area contributed by atoms with Crippen LogP contribution in [0.3, 0.4) is 0 Å². The van der Waals surface area contributed by atoms with Crippen molar-refractivity contribution in [2.75, 3.05) is 0 Å². The Morgan fingerprint density at radius 3 is 2.50 bits per heavy atom. The van der Waals surface area contributed by atoms with Gasteiger partial charge in [0.1, 0.15) is 28.3 Å². The Hall–Kier alpha value is -2.55. The van der Waals surface area contributed by atoms with Crippen LogP contribution in [0.2, 0.25) is 0 Å². The topological polar surface area (TPSA) is 29.5 Å². The number of carbonyl (C=O) groups is 1. The van der Waals surface area contributed by atoms with Gasteiger partial charge in [0.05, 0.1) is 15.9 Å². The van der Waals surface area contributed by atoms with E-state index in [9.17, 15) is 13.6 Å². The Kier molecular flexibility index (Phi) is 7.03. The van der Waals surface area contributed by atoms with Crippen LogP contribution in [0.5, 0.6) is 5.75 Å². The lowest BCUT2D eigenvalue weighted by atomic mass is 10.2. The zero-order valence-electron chi connectivity index (χ0n) is 16.6. The van der Waals surface area contributed by atoms with Crippen molar-refractivity contribution in [3.05, 3.63) is 104 Å². The predicted molar refractivity (Wildman–Crippen MR) is 130 cm³/mol. The molecule has 0 N–H and O–H groups in total. The number of carbonyl (C=O) groups excluding carboxylic acids is 1. The Morgan fingerprint density at radius 2 is 1.78 bits per heavy atom. The Balaban J connectivity index is 1.45. The Bertz CT molecular complexity index is 1210. The lowest BCUT2D eigenvalue weighted by Gasteiger charge is -2.14. The lowest BCUT2D eigenvalue weighted by molar-refractivity contribution is -0.122. The van der Waals surface area contributed by atoms with E-state index < -0.39 is 0 Å². The summed E-state index contributed by atoms with van der Waals surface area (Å²) in [6.07, 6.45) is 1.77. The Morgan fingerprint density at radius 1 is 1.00 bits per heavy atom. The third kappa shape index (κ3) is 5.43. The molecule has 3 aromatic carbocycles. The zero-order valence-corrected chi connectivity index (χ0v) is 19.8. The number of halogens is 3. The monoisotopic (exact) mass is 531 g/mol. The number of benzene rings is 3. The van der Waals surface area contributed by atoms with Gasteiger partial charge in [-0.3, -0.25) is 9.69 Å². The van der Waals surface area contributed by atoms with Crippen LogP contribution in [0.1, 0.15) is 16.7 Å².